The van der Waals surface area contributed by atoms with Gasteiger partial charge < -0.3 is 19.0 Å². The maximum absolute atomic E-state index is 12.3. The molecule has 1 aliphatic rings. The van der Waals surface area contributed by atoms with Gasteiger partial charge in [0.25, 0.3) is 0 Å². The van der Waals surface area contributed by atoms with Gasteiger partial charge in [0.05, 0.1) is 17.2 Å². The number of allylic oxidation sites excluding steroid dienone is 1. The van der Waals surface area contributed by atoms with E-state index in [9.17, 15) is 9.90 Å². The summed E-state index contributed by atoms with van der Waals surface area (Å²) in [5, 5.41) is 10.7. The minimum absolute atomic E-state index is 0.0726. The number of benzene rings is 2. The van der Waals surface area contributed by atoms with Crippen molar-refractivity contribution in [2.24, 2.45) is 0 Å². The Bertz CT molecular complexity index is 936. The number of phenolic OH excluding ortho intramolecular Hbond substituents is 1. The van der Waals surface area contributed by atoms with Crippen molar-refractivity contribution in [1.82, 2.24) is 0 Å². The molecule has 23 heavy (non-hydrogen) atoms. The first-order valence-corrected chi connectivity index (χ1v) is 7.03. The first-order chi connectivity index (χ1) is 11.2. The predicted molar refractivity (Wildman–Crippen MR) is 83.8 cm³/mol. The Kier molecular flexibility index (Phi) is 3.05. The van der Waals surface area contributed by atoms with Crippen LogP contribution in [-0.2, 0) is 0 Å². The van der Waals surface area contributed by atoms with Crippen molar-refractivity contribution in [3.63, 3.8) is 0 Å². The van der Waals surface area contributed by atoms with E-state index in [0.29, 0.717) is 22.5 Å². The van der Waals surface area contributed by atoms with E-state index in [4.69, 9.17) is 13.9 Å². The van der Waals surface area contributed by atoms with Crippen molar-refractivity contribution >= 4 is 22.8 Å². The number of hydrogen-bond acceptors (Lipinski definition) is 5. The summed E-state index contributed by atoms with van der Waals surface area (Å²) in [6.07, 6.45) is 4.56. The Balaban J connectivity index is 1.62. The molecule has 1 aromatic heterocycles. The third-order valence-corrected chi connectivity index (χ3v) is 3.70. The second-order valence-electron chi connectivity index (χ2n) is 5.10. The number of phenols is 1. The zero-order valence-corrected chi connectivity index (χ0v) is 12.0. The van der Waals surface area contributed by atoms with Gasteiger partial charge in [-0.05, 0) is 42.0 Å². The number of ketones is 1. The number of fused-ring (bicyclic) bond motifs is 2. The van der Waals surface area contributed by atoms with Gasteiger partial charge in [0.15, 0.2) is 17.3 Å². The monoisotopic (exact) mass is 308 g/mol. The van der Waals surface area contributed by atoms with Crippen LogP contribution in [-0.4, -0.2) is 17.7 Å². The summed E-state index contributed by atoms with van der Waals surface area (Å²) in [5.41, 5.74) is 1.58. The van der Waals surface area contributed by atoms with Gasteiger partial charge in [-0.3, -0.25) is 4.79 Å². The fourth-order valence-corrected chi connectivity index (χ4v) is 2.51. The number of aromatic hydroxyl groups is 1. The molecule has 0 atom stereocenters. The van der Waals surface area contributed by atoms with E-state index in [0.717, 1.165) is 5.56 Å². The van der Waals surface area contributed by atoms with E-state index < -0.39 is 0 Å². The lowest BCUT2D eigenvalue weighted by Crippen LogP contribution is -1.94. The lowest BCUT2D eigenvalue weighted by molar-refractivity contribution is 0.104. The quantitative estimate of drug-likeness (QED) is 0.589. The predicted octanol–water partition coefficient (Wildman–Crippen LogP) is 3.76. The molecule has 0 saturated carbocycles. The van der Waals surface area contributed by atoms with Crippen LogP contribution in [0.3, 0.4) is 0 Å². The smallest absolute Gasteiger partial charge is 0.231 e. The molecule has 2 aromatic carbocycles. The number of carbonyl (C=O) groups excluding carboxylic acids is 1. The summed E-state index contributed by atoms with van der Waals surface area (Å²) in [6.45, 7) is 0.208. The van der Waals surface area contributed by atoms with Gasteiger partial charge in [0.2, 0.25) is 6.79 Å². The molecule has 0 saturated heterocycles. The Labute approximate surface area is 131 Å². The highest BCUT2D eigenvalue weighted by Crippen LogP contribution is 2.33. The van der Waals surface area contributed by atoms with Crippen LogP contribution in [0.25, 0.3) is 17.0 Å². The first kappa shape index (κ1) is 13.5. The second kappa shape index (κ2) is 5.21. The first-order valence-electron chi connectivity index (χ1n) is 7.03. The lowest BCUT2D eigenvalue weighted by atomic mass is 10.1. The third kappa shape index (κ3) is 2.32. The number of ether oxygens (including phenoxy) is 2. The van der Waals surface area contributed by atoms with E-state index in [1.807, 2.05) is 6.07 Å². The van der Waals surface area contributed by atoms with E-state index in [1.165, 1.54) is 12.3 Å². The van der Waals surface area contributed by atoms with Crippen LogP contribution in [0, 0.1) is 0 Å². The van der Waals surface area contributed by atoms with Crippen LogP contribution < -0.4 is 9.47 Å². The van der Waals surface area contributed by atoms with Crippen molar-refractivity contribution in [1.29, 1.82) is 0 Å². The molecule has 4 rings (SSSR count). The van der Waals surface area contributed by atoms with Crippen molar-refractivity contribution in [3.05, 3.63) is 59.9 Å². The van der Waals surface area contributed by atoms with Gasteiger partial charge in [0, 0.05) is 0 Å². The minimum atomic E-state index is -0.289. The molecule has 2 heterocycles. The molecule has 0 bridgehead atoms. The van der Waals surface area contributed by atoms with E-state index >= 15 is 0 Å². The molecule has 0 spiro atoms. The molecule has 0 amide bonds. The highest BCUT2D eigenvalue weighted by atomic mass is 16.7. The maximum atomic E-state index is 12.3. The van der Waals surface area contributed by atoms with Crippen molar-refractivity contribution in [2.45, 2.75) is 0 Å². The fourth-order valence-electron chi connectivity index (χ4n) is 2.51. The Morgan fingerprint density at radius 2 is 1.96 bits per heavy atom. The molecule has 5 heteroatoms. The van der Waals surface area contributed by atoms with Crippen LogP contribution in [0.4, 0.5) is 0 Å². The largest absolute Gasteiger partial charge is 0.506 e. The Morgan fingerprint density at radius 3 is 2.87 bits per heavy atom. The van der Waals surface area contributed by atoms with E-state index in [2.05, 4.69) is 0 Å². The number of rotatable bonds is 3. The molecular formula is C18H12O5. The fraction of sp³-hybridized carbons (Fsp3) is 0.0556. The van der Waals surface area contributed by atoms with Gasteiger partial charge in [-0.15, -0.1) is 0 Å². The zero-order chi connectivity index (χ0) is 15.8. The summed E-state index contributed by atoms with van der Waals surface area (Å²) in [5.74, 6) is 0.985. The van der Waals surface area contributed by atoms with Crippen LogP contribution >= 0.6 is 0 Å². The average Bonchev–Trinajstić information content (AvgIpc) is 3.21. The number of hydrogen-bond donors (Lipinski definition) is 1. The van der Waals surface area contributed by atoms with Crippen LogP contribution in [0.1, 0.15) is 15.9 Å². The standard InChI is InChI=1S/C18H12O5/c19-14(12-3-6-15-13(18(12)20)7-8-21-15)4-1-11-2-5-16-17(9-11)23-10-22-16/h1-9,20H,10H2/b4-1+. The molecule has 1 N–H and O–H groups in total. The zero-order valence-electron chi connectivity index (χ0n) is 12.0. The maximum Gasteiger partial charge on any atom is 0.231 e. The highest BCUT2D eigenvalue weighted by molar-refractivity contribution is 6.11. The molecule has 0 radical (unpaired) electrons. The number of carbonyl (C=O) groups is 1. The molecule has 114 valence electrons. The average molecular weight is 308 g/mol. The van der Waals surface area contributed by atoms with E-state index in [-0.39, 0.29) is 23.9 Å². The number of furan rings is 1. The topological polar surface area (TPSA) is 68.9 Å². The summed E-state index contributed by atoms with van der Waals surface area (Å²) in [4.78, 5) is 12.3. The summed E-state index contributed by atoms with van der Waals surface area (Å²) < 4.78 is 15.7. The van der Waals surface area contributed by atoms with Crippen molar-refractivity contribution < 1.29 is 23.8 Å². The van der Waals surface area contributed by atoms with Gasteiger partial charge >= 0.3 is 0 Å². The van der Waals surface area contributed by atoms with Gasteiger partial charge in [0.1, 0.15) is 11.3 Å². The summed E-state index contributed by atoms with van der Waals surface area (Å²) in [6, 6.07) is 10.3. The molecule has 5 nitrogen and oxygen atoms in total. The second-order valence-corrected chi connectivity index (χ2v) is 5.10. The van der Waals surface area contributed by atoms with Crippen LogP contribution in [0.2, 0.25) is 0 Å². The Hall–Kier alpha value is -3.21. The van der Waals surface area contributed by atoms with Crippen molar-refractivity contribution in [2.75, 3.05) is 6.79 Å². The summed E-state index contributed by atoms with van der Waals surface area (Å²) in [7, 11) is 0. The van der Waals surface area contributed by atoms with Crippen LogP contribution in [0.15, 0.2) is 53.2 Å². The molecule has 0 fully saturated rings. The molecule has 0 unspecified atom stereocenters. The molecule has 0 aliphatic carbocycles. The highest BCUT2D eigenvalue weighted by Gasteiger charge is 2.14. The molecular weight excluding hydrogens is 296 g/mol. The normalized spacial score (nSPS) is 13.0. The van der Waals surface area contributed by atoms with Crippen molar-refractivity contribution in [3.8, 4) is 17.2 Å². The minimum Gasteiger partial charge on any atom is -0.506 e. The molecule has 1 aliphatic heterocycles. The third-order valence-electron chi connectivity index (χ3n) is 3.70. The van der Waals surface area contributed by atoms with Crippen LogP contribution in [0.5, 0.6) is 17.2 Å². The summed E-state index contributed by atoms with van der Waals surface area (Å²) >= 11 is 0. The lowest BCUT2D eigenvalue weighted by Gasteiger charge is -2.01. The van der Waals surface area contributed by atoms with Gasteiger partial charge in [-0.1, -0.05) is 12.1 Å². The van der Waals surface area contributed by atoms with Gasteiger partial charge in [-0.25, -0.2) is 0 Å². The van der Waals surface area contributed by atoms with Gasteiger partial charge in [-0.2, -0.15) is 0 Å². The van der Waals surface area contributed by atoms with E-state index in [1.54, 1.807) is 36.4 Å². The Morgan fingerprint density at radius 1 is 1.09 bits per heavy atom. The molecule has 3 aromatic rings. The SMILES string of the molecule is O=C(/C=C/c1ccc2c(c1)OCO2)c1ccc2occc2c1O.